The number of nitro groups is 1. The van der Waals surface area contributed by atoms with E-state index in [-0.39, 0.29) is 10.6 Å². The topological polar surface area (TPSA) is 57.3 Å². The monoisotopic (exact) mass is 468 g/mol. The summed E-state index contributed by atoms with van der Waals surface area (Å²) < 4.78 is 8.77. The Bertz CT molecular complexity index is 1220. The lowest BCUT2D eigenvalue weighted by atomic mass is 10.1. The van der Waals surface area contributed by atoms with Crippen LogP contribution in [0.1, 0.15) is 0 Å². The number of rotatable bonds is 5. The highest BCUT2D eigenvalue weighted by atomic mass is 79.9. The van der Waals surface area contributed by atoms with Gasteiger partial charge in [-0.05, 0) is 42.5 Å². The van der Waals surface area contributed by atoms with Gasteiger partial charge in [0, 0.05) is 49.9 Å². The van der Waals surface area contributed by atoms with Crippen LogP contribution >= 0.6 is 27.7 Å². The molecule has 5 nitrogen and oxygen atoms in total. The third-order valence-electron chi connectivity index (χ3n) is 4.74. The van der Waals surface area contributed by atoms with E-state index >= 15 is 0 Å². The average Bonchev–Trinajstić information content (AvgIpc) is 2.99. The Morgan fingerprint density at radius 1 is 1.07 bits per heavy atom. The van der Waals surface area contributed by atoms with Gasteiger partial charge >= 0.3 is 0 Å². The van der Waals surface area contributed by atoms with Gasteiger partial charge in [0.25, 0.3) is 5.69 Å². The quantitative estimate of drug-likeness (QED) is 0.242. The summed E-state index contributed by atoms with van der Waals surface area (Å²) in [6.45, 7) is 0. The van der Waals surface area contributed by atoms with Crippen LogP contribution in [-0.2, 0) is 7.05 Å². The van der Waals surface area contributed by atoms with E-state index in [9.17, 15) is 10.1 Å². The van der Waals surface area contributed by atoms with Crippen molar-refractivity contribution in [2.45, 2.75) is 9.79 Å². The summed E-state index contributed by atoms with van der Waals surface area (Å²) in [7, 11) is 3.71. The summed E-state index contributed by atoms with van der Waals surface area (Å²) in [4.78, 5) is 12.6. The molecule has 0 unspecified atom stereocenters. The average molecular weight is 469 g/mol. The van der Waals surface area contributed by atoms with E-state index in [1.807, 2.05) is 37.4 Å². The lowest BCUT2D eigenvalue weighted by Gasteiger charge is -2.12. The van der Waals surface area contributed by atoms with Crippen molar-refractivity contribution in [1.82, 2.24) is 4.57 Å². The first-order chi connectivity index (χ1) is 14.0. The Labute approximate surface area is 180 Å². The van der Waals surface area contributed by atoms with Gasteiger partial charge in [-0.25, -0.2) is 0 Å². The Balaban J connectivity index is 1.93. The van der Waals surface area contributed by atoms with E-state index in [1.165, 1.54) is 12.1 Å². The summed E-state index contributed by atoms with van der Waals surface area (Å²) >= 11 is 5.17. The molecular weight excluding hydrogens is 452 g/mol. The third-order valence-corrected chi connectivity index (χ3v) is 6.36. The van der Waals surface area contributed by atoms with Gasteiger partial charge in [-0.3, -0.25) is 10.1 Å². The van der Waals surface area contributed by atoms with Gasteiger partial charge in [0.2, 0.25) is 0 Å². The standard InChI is InChI=1S/C22H17BrN2O3S/c1-24-19-12-7-14(23)13-18(19)22(21(24)17-5-3-4-6-20(17)28-2)29-16-10-8-15(9-11-16)25(26)27/h3-13H,1-2H3. The number of nitro benzene ring substituents is 1. The molecule has 3 aromatic carbocycles. The van der Waals surface area contributed by atoms with Crippen LogP contribution in [0.25, 0.3) is 22.2 Å². The first kappa shape index (κ1) is 19.5. The van der Waals surface area contributed by atoms with Crippen LogP contribution in [0.5, 0.6) is 5.75 Å². The number of aromatic nitrogens is 1. The van der Waals surface area contributed by atoms with Gasteiger partial charge in [-0.2, -0.15) is 0 Å². The largest absolute Gasteiger partial charge is 0.496 e. The van der Waals surface area contributed by atoms with Crippen LogP contribution in [0.15, 0.2) is 81.0 Å². The molecule has 1 aromatic heterocycles. The zero-order valence-electron chi connectivity index (χ0n) is 15.8. The molecule has 0 saturated heterocycles. The lowest BCUT2D eigenvalue weighted by Crippen LogP contribution is -1.95. The number of fused-ring (bicyclic) bond motifs is 1. The fraction of sp³-hybridized carbons (Fsp3) is 0.0909. The van der Waals surface area contributed by atoms with Crippen molar-refractivity contribution < 1.29 is 9.66 Å². The lowest BCUT2D eigenvalue weighted by molar-refractivity contribution is -0.384. The van der Waals surface area contributed by atoms with Gasteiger partial charge < -0.3 is 9.30 Å². The maximum absolute atomic E-state index is 11.0. The molecule has 1 heterocycles. The third kappa shape index (κ3) is 3.63. The van der Waals surface area contributed by atoms with Crippen LogP contribution < -0.4 is 4.74 Å². The molecule has 4 rings (SSSR count). The van der Waals surface area contributed by atoms with Crippen molar-refractivity contribution in [3.8, 4) is 17.0 Å². The molecule has 0 radical (unpaired) electrons. The van der Waals surface area contributed by atoms with E-state index in [4.69, 9.17) is 4.74 Å². The normalized spacial score (nSPS) is 11.0. The molecule has 7 heteroatoms. The second kappa shape index (κ2) is 7.93. The SMILES string of the molecule is COc1ccccc1-c1c(Sc2ccc([N+](=O)[O-])cc2)c2cc(Br)ccc2n1C. The summed E-state index contributed by atoms with van der Waals surface area (Å²) in [6.07, 6.45) is 0. The minimum absolute atomic E-state index is 0.0833. The fourth-order valence-electron chi connectivity index (χ4n) is 3.38. The highest BCUT2D eigenvalue weighted by molar-refractivity contribution is 9.10. The van der Waals surface area contributed by atoms with Gasteiger partial charge in [0.1, 0.15) is 5.75 Å². The zero-order chi connectivity index (χ0) is 20.5. The Kier molecular flexibility index (Phi) is 5.34. The Morgan fingerprint density at radius 2 is 1.79 bits per heavy atom. The van der Waals surface area contributed by atoms with E-state index in [2.05, 4.69) is 32.6 Å². The maximum atomic E-state index is 11.0. The van der Waals surface area contributed by atoms with E-state index in [0.717, 1.165) is 42.2 Å². The minimum atomic E-state index is -0.385. The molecule has 0 saturated carbocycles. The summed E-state index contributed by atoms with van der Waals surface area (Å²) in [6, 6.07) is 20.8. The number of aryl methyl sites for hydroxylation is 1. The van der Waals surface area contributed by atoms with E-state index in [0.29, 0.717) is 0 Å². The van der Waals surface area contributed by atoms with Crippen LogP contribution in [-0.4, -0.2) is 16.6 Å². The molecule has 0 atom stereocenters. The first-order valence-corrected chi connectivity index (χ1v) is 10.4. The molecule has 4 aromatic rings. The van der Waals surface area contributed by atoms with Crippen molar-refractivity contribution in [3.05, 3.63) is 81.3 Å². The molecule has 0 spiro atoms. The minimum Gasteiger partial charge on any atom is -0.496 e. The number of ether oxygens (including phenoxy) is 1. The van der Waals surface area contributed by atoms with E-state index < -0.39 is 0 Å². The summed E-state index contributed by atoms with van der Waals surface area (Å²) in [5.41, 5.74) is 3.21. The second-order valence-corrected chi connectivity index (χ2v) is 8.45. The molecular formula is C22H17BrN2O3S. The fourth-order valence-corrected chi connectivity index (χ4v) is 4.87. The summed E-state index contributed by atoms with van der Waals surface area (Å²) in [5.74, 6) is 0.794. The Hall–Kier alpha value is -2.77. The molecule has 0 fully saturated rings. The molecule has 0 aliphatic carbocycles. The highest BCUT2D eigenvalue weighted by Gasteiger charge is 2.21. The van der Waals surface area contributed by atoms with Crippen LogP contribution in [0, 0.1) is 10.1 Å². The number of benzene rings is 3. The number of hydrogen-bond donors (Lipinski definition) is 0. The predicted octanol–water partition coefficient (Wildman–Crippen LogP) is 6.68. The smallest absolute Gasteiger partial charge is 0.269 e. The van der Waals surface area contributed by atoms with Crippen molar-refractivity contribution >= 4 is 44.3 Å². The molecule has 0 aliphatic rings. The van der Waals surface area contributed by atoms with Crippen LogP contribution in [0.2, 0.25) is 0 Å². The van der Waals surface area contributed by atoms with Crippen molar-refractivity contribution in [2.24, 2.45) is 7.05 Å². The number of para-hydroxylation sites is 1. The van der Waals surface area contributed by atoms with Crippen molar-refractivity contribution in [2.75, 3.05) is 7.11 Å². The molecule has 0 amide bonds. The molecule has 0 aliphatic heterocycles. The summed E-state index contributed by atoms with van der Waals surface area (Å²) in [5, 5.41) is 12.1. The van der Waals surface area contributed by atoms with Gasteiger partial charge in [-0.1, -0.05) is 39.8 Å². The predicted molar refractivity (Wildman–Crippen MR) is 120 cm³/mol. The van der Waals surface area contributed by atoms with Crippen LogP contribution in [0.3, 0.4) is 0 Å². The van der Waals surface area contributed by atoms with Crippen LogP contribution in [0.4, 0.5) is 5.69 Å². The first-order valence-electron chi connectivity index (χ1n) is 8.83. The second-order valence-electron chi connectivity index (χ2n) is 6.45. The number of methoxy groups -OCH3 is 1. The highest BCUT2D eigenvalue weighted by Crippen LogP contribution is 2.45. The molecule has 146 valence electrons. The number of hydrogen-bond acceptors (Lipinski definition) is 4. The molecule has 29 heavy (non-hydrogen) atoms. The zero-order valence-corrected chi connectivity index (χ0v) is 18.2. The molecule has 0 bridgehead atoms. The Morgan fingerprint density at radius 3 is 2.48 bits per heavy atom. The maximum Gasteiger partial charge on any atom is 0.269 e. The number of halogens is 1. The number of non-ortho nitro benzene ring substituents is 1. The van der Waals surface area contributed by atoms with Gasteiger partial charge in [0.05, 0.1) is 17.7 Å². The number of nitrogens with zero attached hydrogens (tertiary/aromatic N) is 2. The van der Waals surface area contributed by atoms with Crippen molar-refractivity contribution in [1.29, 1.82) is 0 Å². The van der Waals surface area contributed by atoms with Gasteiger partial charge in [-0.15, -0.1) is 0 Å². The van der Waals surface area contributed by atoms with E-state index in [1.54, 1.807) is 31.0 Å². The van der Waals surface area contributed by atoms with Gasteiger partial charge in [0.15, 0.2) is 0 Å². The van der Waals surface area contributed by atoms with Crippen molar-refractivity contribution in [3.63, 3.8) is 0 Å². The molecule has 0 N–H and O–H groups in total.